The van der Waals surface area contributed by atoms with E-state index in [0.29, 0.717) is 11.8 Å². The molecule has 0 aliphatic rings. The van der Waals surface area contributed by atoms with Crippen molar-refractivity contribution >= 4 is 34.3 Å². The molecule has 1 amide bonds. The lowest BCUT2D eigenvalue weighted by Crippen LogP contribution is -2.21. The number of anilines is 1. The molecule has 7 nitrogen and oxygen atoms in total. The standard InChI is InChI=1S/C19H14N2O5/c22-11-15-14-6-2-1-5-13(14)9-10-18(15)26-12-19(23)20-16-7-3-4-8-17(16)21(24)25/h1-11H,12H2,(H,20,23). The van der Waals surface area contributed by atoms with Gasteiger partial charge in [0.2, 0.25) is 0 Å². The van der Waals surface area contributed by atoms with Gasteiger partial charge < -0.3 is 10.1 Å². The molecule has 130 valence electrons. The molecule has 26 heavy (non-hydrogen) atoms. The topological polar surface area (TPSA) is 98.5 Å². The lowest BCUT2D eigenvalue weighted by molar-refractivity contribution is -0.383. The fraction of sp³-hybridized carbons (Fsp3) is 0.0526. The van der Waals surface area contributed by atoms with Gasteiger partial charge in [0, 0.05) is 6.07 Å². The highest BCUT2D eigenvalue weighted by atomic mass is 16.6. The molecular weight excluding hydrogens is 336 g/mol. The van der Waals surface area contributed by atoms with Crippen LogP contribution in [0.5, 0.6) is 5.75 Å². The molecule has 0 unspecified atom stereocenters. The molecule has 7 heteroatoms. The molecule has 3 aromatic carbocycles. The fourth-order valence-corrected chi connectivity index (χ4v) is 2.59. The Kier molecular flexibility index (Phi) is 4.89. The van der Waals surface area contributed by atoms with Crippen molar-refractivity contribution in [3.05, 3.63) is 76.3 Å². The summed E-state index contributed by atoms with van der Waals surface area (Å²) in [5.74, 6) is -0.291. The Bertz CT molecular complexity index is 1000. The van der Waals surface area contributed by atoms with Gasteiger partial charge in [-0.1, -0.05) is 42.5 Å². The van der Waals surface area contributed by atoms with Gasteiger partial charge in [0.15, 0.2) is 12.9 Å². The van der Waals surface area contributed by atoms with Crippen LogP contribution >= 0.6 is 0 Å². The van der Waals surface area contributed by atoms with Crippen molar-refractivity contribution in [3.63, 3.8) is 0 Å². The molecule has 0 saturated carbocycles. The summed E-state index contributed by atoms with van der Waals surface area (Å²) in [7, 11) is 0. The van der Waals surface area contributed by atoms with Gasteiger partial charge in [-0.15, -0.1) is 0 Å². The summed E-state index contributed by atoms with van der Waals surface area (Å²) >= 11 is 0. The van der Waals surface area contributed by atoms with Crippen molar-refractivity contribution in [2.24, 2.45) is 0 Å². The first-order valence-corrected chi connectivity index (χ1v) is 7.73. The Hall–Kier alpha value is -3.74. The van der Waals surface area contributed by atoms with E-state index in [1.54, 1.807) is 30.3 Å². The number of carbonyl (C=O) groups is 2. The van der Waals surface area contributed by atoms with Gasteiger partial charge in [0.1, 0.15) is 11.4 Å². The van der Waals surface area contributed by atoms with Gasteiger partial charge in [-0.25, -0.2) is 0 Å². The monoisotopic (exact) mass is 350 g/mol. The molecule has 0 spiro atoms. The smallest absolute Gasteiger partial charge is 0.292 e. The summed E-state index contributed by atoms with van der Waals surface area (Å²) in [6.45, 7) is -0.384. The summed E-state index contributed by atoms with van der Waals surface area (Å²) in [6.07, 6.45) is 0.678. The van der Waals surface area contributed by atoms with Crippen LogP contribution in [0, 0.1) is 10.1 Å². The lowest BCUT2D eigenvalue weighted by Gasteiger charge is -2.11. The molecule has 0 saturated heterocycles. The van der Waals surface area contributed by atoms with E-state index in [4.69, 9.17) is 4.74 Å². The van der Waals surface area contributed by atoms with E-state index in [2.05, 4.69) is 5.32 Å². The number of benzene rings is 3. The zero-order chi connectivity index (χ0) is 18.5. The van der Waals surface area contributed by atoms with E-state index in [1.807, 2.05) is 12.1 Å². The van der Waals surface area contributed by atoms with Crippen molar-refractivity contribution in [2.75, 3.05) is 11.9 Å². The van der Waals surface area contributed by atoms with Crippen LogP contribution in [0.2, 0.25) is 0 Å². The van der Waals surface area contributed by atoms with Gasteiger partial charge in [0.05, 0.1) is 10.5 Å². The number of carbonyl (C=O) groups excluding carboxylic acids is 2. The molecule has 1 N–H and O–H groups in total. The molecule has 0 atom stereocenters. The first kappa shape index (κ1) is 17.1. The molecule has 0 bridgehead atoms. The van der Waals surface area contributed by atoms with Crippen molar-refractivity contribution < 1.29 is 19.2 Å². The zero-order valence-corrected chi connectivity index (χ0v) is 13.5. The fourth-order valence-electron chi connectivity index (χ4n) is 2.59. The lowest BCUT2D eigenvalue weighted by atomic mass is 10.0. The van der Waals surface area contributed by atoms with E-state index in [1.165, 1.54) is 18.2 Å². The number of nitro groups is 1. The normalized spacial score (nSPS) is 10.3. The molecule has 0 aliphatic heterocycles. The third-order valence-electron chi connectivity index (χ3n) is 3.78. The number of para-hydroxylation sites is 2. The number of ether oxygens (including phenoxy) is 1. The molecule has 0 aliphatic carbocycles. The minimum atomic E-state index is -0.579. The van der Waals surface area contributed by atoms with Crippen LogP contribution in [-0.4, -0.2) is 23.7 Å². The average Bonchev–Trinajstić information content (AvgIpc) is 2.66. The van der Waals surface area contributed by atoms with E-state index < -0.39 is 10.8 Å². The van der Waals surface area contributed by atoms with Crippen LogP contribution in [-0.2, 0) is 4.79 Å². The van der Waals surface area contributed by atoms with E-state index in [-0.39, 0.29) is 23.7 Å². The Morgan fingerprint density at radius 1 is 1.08 bits per heavy atom. The van der Waals surface area contributed by atoms with Crippen LogP contribution < -0.4 is 10.1 Å². The van der Waals surface area contributed by atoms with E-state index >= 15 is 0 Å². The van der Waals surface area contributed by atoms with Gasteiger partial charge in [0.25, 0.3) is 11.6 Å². The number of nitrogens with zero attached hydrogens (tertiary/aromatic N) is 1. The van der Waals surface area contributed by atoms with Crippen molar-refractivity contribution in [2.45, 2.75) is 0 Å². The third kappa shape index (κ3) is 3.51. The van der Waals surface area contributed by atoms with Crippen molar-refractivity contribution in [1.29, 1.82) is 0 Å². The second-order valence-electron chi connectivity index (χ2n) is 5.43. The Labute approximate surface area is 148 Å². The highest BCUT2D eigenvalue weighted by Crippen LogP contribution is 2.27. The average molecular weight is 350 g/mol. The molecular formula is C19H14N2O5. The Morgan fingerprint density at radius 2 is 1.81 bits per heavy atom. The van der Waals surface area contributed by atoms with Gasteiger partial charge >= 0.3 is 0 Å². The third-order valence-corrected chi connectivity index (χ3v) is 3.78. The van der Waals surface area contributed by atoms with E-state index in [0.717, 1.165) is 10.8 Å². The number of amides is 1. The molecule has 0 fully saturated rings. The predicted molar refractivity (Wildman–Crippen MR) is 96.6 cm³/mol. The van der Waals surface area contributed by atoms with Crippen LogP contribution in [0.25, 0.3) is 10.8 Å². The van der Waals surface area contributed by atoms with Crippen LogP contribution in [0.1, 0.15) is 10.4 Å². The number of hydrogen-bond donors (Lipinski definition) is 1. The summed E-state index contributed by atoms with van der Waals surface area (Å²) in [5.41, 5.74) is 0.224. The van der Waals surface area contributed by atoms with Gasteiger partial charge in [-0.2, -0.15) is 0 Å². The number of fused-ring (bicyclic) bond motifs is 1. The first-order valence-electron chi connectivity index (χ1n) is 7.73. The number of aldehydes is 1. The van der Waals surface area contributed by atoms with Gasteiger partial charge in [-0.3, -0.25) is 19.7 Å². The summed E-state index contributed by atoms with van der Waals surface area (Å²) in [5, 5.41) is 15.0. The summed E-state index contributed by atoms with van der Waals surface area (Å²) in [4.78, 5) is 33.9. The maximum atomic E-state index is 12.1. The minimum Gasteiger partial charge on any atom is -0.483 e. The number of nitro benzene ring substituents is 1. The quantitative estimate of drug-likeness (QED) is 0.416. The zero-order valence-electron chi connectivity index (χ0n) is 13.5. The number of hydrogen-bond acceptors (Lipinski definition) is 5. The van der Waals surface area contributed by atoms with Gasteiger partial charge in [-0.05, 0) is 22.9 Å². The Morgan fingerprint density at radius 3 is 2.58 bits per heavy atom. The van der Waals surface area contributed by atoms with Crippen LogP contribution in [0.3, 0.4) is 0 Å². The number of nitrogens with one attached hydrogen (secondary N) is 1. The largest absolute Gasteiger partial charge is 0.483 e. The number of rotatable bonds is 6. The highest BCUT2D eigenvalue weighted by molar-refractivity contribution is 6.01. The summed E-state index contributed by atoms with van der Waals surface area (Å²) in [6, 6.07) is 16.5. The minimum absolute atomic E-state index is 0.0835. The van der Waals surface area contributed by atoms with Crippen molar-refractivity contribution in [1.82, 2.24) is 0 Å². The predicted octanol–water partition coefficient (Wildman–Crippen LogP) is 3.58. The maximum Gasteiger partial charge on any atom is 0.292 e. The highest BCUT2D eigenvalue weighted by Gasteiger charge is 2.16. The van der Waals surface area contributed by atoms with E-state index in [9.17, 15) is 19.7 Å². The maximum absolute atomic E-state index is 12.1. The molecule has 0 heterocycles. The molecule has 3 rings (SSSR count). The molecule has 0 aromatic heterocycles. The molecule has 0 radical (unpaired) electrons. The van der Waals surface area contributed by atoms with Crippen LogP contribution in [0.15, 0.2) is 60.7 Å². The second kappa shape index (κ2) is 7.43. The van der Waals surface area contributed by atoms with Crippen molar-refractivity contribution in [3.8, 4) is 5.75 Å². The van der Waals surface area contributed by atoms with Crippen LogP contribution in [0.4, 0.5) is 11.4 Å². The summed E-state index contributed by atoms with van der Waals surface area (Å²) < 4.78 is 5.46. The second-order valence-corrected chi connectivity index (χ2v) is 5.43. The molecule has 3 aromatic rings. The Balaban J connectivity index is 1.75. The first-order chi connectivity index (χ1) is 12.6. The SMILES string of the molecule is O=Cc1c(OCC(=O)Nc2ccccc2[N+](=O)[O-])ccc2ccccc12.